The van der Waals surface area contributed by atoms with Gasteiger partial charge in [0.15, 0.2) is 0 Å². The highest BCUT2D eigenvalue weighted by molar-refractivity contribution is 7.74. The van der Waals surface area contributed by atoms with E-state index in [2.05, 4.69) is 209 Å². The summed E-state index contributed by atoms with van der Waals surface area (Å²) in [7, 11) is 13.3. The van der Waals surface area contributed by atoms with E-state index in [-0.39, 0.29) is 0 Å². The van der Waals surface area contributed by atoms with Crippen LogP contribution in [0.5, 0.6) is 17.2 Å². The monoisotopic (exact) mass is 991 g/mol. The number of hydrogen-bond acceptors (Lipinski definition) is 5. The van der Waals surface area contributed by atoms with Crippen LogP contribution in [0.4, 0.5) is 0 Å². The molecule has 71 heavy (non-hydrogen) atoms. The van der Waals surface area contributed by atoms with Gasteiger partial charge in [-0.3, -0.25) is 0 Å². The third kappa shape index (κ3) is 11.8. The normalized spacial score (nSPS) is 19.1. The summed E-state index contributed by atoms with van der Waals surface area (Å²) in [6.07, 6.45) is 7.71. The van der Waals surface area contributed by atoms with E-state index in [4.69, 9.17) is 14.2 Å². The third-order valence-corrected chi connectivity index (χ3v) is 21.8. The summed E-state index contributed by atoms with van der Waals surface area (Å²) in [6.45, 7) is 20.0. The molecular formula is C64H84N2O3P2. The molecule has 2 aliphatic carbocycles. The van der Waals surface area contributed by atoms with Gasteiger partial charge in [-0.05, 0) is 274 Å². The zero-order chi connectivity index (χ0) is 51.3. The van der Waals surface area contributed by atoms with E-state index in [0.717, 1.165) is 17.2 Å². The first-order valence-electron chi connectivity index (χ1n) is 26.0. The van der Waals surface area contributed by atoms with Crippen molar-refractivity contribution in [2.75, 3.05) is 49.5 Å². The molecule has 0 saturated heterocycles. The summed E-state index contributed by atoms with van der Waals surface area (Å²) in [5, 5.41) is 5.97. The van der Waals surface area contributed by atoms with E-state index in [1.54, 1.807) is 21.3 Å². The second-order valence-corrected chi connectivity index (χ2v) is 26.1. The van der Waals surface area contributed by atoms with E-state index in [0.29, 0.717) is 35.2 Å². The first-order chi connectivity index (χ1) is 34.0. The number of benzene rings is 6. The Morgan fingerprint density at radius 2 is 0.662 bits per heavy atom. The maximum atomic E-state index is 5.74. The summed E-state index contributed by atoms with van der Waals surface area (Å²) < 4.78 is 17.2. The molecule has 6 aromatic rings. The molecule has 2 fully saturated rings. The van der Waals surface area contributed by atoms with Gasteiger partial charge in [0.2, 0.25) is 0 Å². The van der Waals surface area contributed by atoms with E-state index < -0.39 is 15.8 Å². The van der Waals surface area contributed by atoms with Crippen LogP contribution in [-0.2, 0) is 0 Å². The molecule has 7 heteroatoms. The molecule has 8 rings (SSSR count). The van der Waals surface area contributed by atoms with Gasteiger partial charge in [-0.2, -0.15) is 0 Å². The van der Waals surface area contributed by atoms with Crippen LogP contribution < -0.4 is 35.4 Å². The number of nitrogens with zero attached hydrogens (tertiary/aromatic N) is 2. The third-order valence-electron chi connectivity index (χ3n) is 15.9. The predicted octanol–water partition coefficient (Wildman–Crippen LogP) is 14.0. The Balaban J connectivity index is 0.000000209. The highest BCUT2D eigenvalue weighted by Crippen LogP contribution is 2.57. The number of ether oxygens (including phenoxy) is 3. The molecule has 2 saturated carbocycles. The fourth-order valence-electron chi connectivity index (χ4n) is 12.9. The molecule has 5 unspecified atom stereocenters. The zero-order valence-electron chi connectivity index (χ0n) is 46.1. The number of hydrogen-bond donors (Lipinski definition) is 0. The van der Waals surface area contributed by atoms with Crippen LogP contribution in [0.1, 0.15) is 112 Å². The number of methoxy groups -OCH3 is 3. The van der Waals surface area contributed by atoms with Crippen molar-refractivity contribution in [1.29, 1.82) is 0 Å². The number of rotatable bonds is 15. The molecule has 0 radical (unpaired) electrons. The maximum absolute atomic E-state index is 5.74. The minimum atomic E-state index is -0.576. The highest BCUT2D eigenvalue weighted by Gasteiger charge is 2.43. The van der Waals surface area contributed by atoms with Crippen molar-refractivity contribution < 1.29 is 14.2 Å². The lowest BCUT2D eigenvalue weighted by Crippen LogP contribution is -2.34. The average Bonchev–Trinajstić information content (AvgIpc) is 3.99. The molecule has 0 amide bonds. The van der Waals surface area contributed by atoms with Crippen molar-refractivity contribution in [3.8, 4) is 17.2 Å². The smallest absolute Gasteiger partial charge is 0.124 e. The van der Waals surface area contributed by atoms with E-state index in [9.17, 15) is 0 Å². The molecule has 0 bridgehead atoms. The van der Waals surface area contributed by atoms with Gasteiger partial charge in [-0.25, -0.2) is 0 Å². The zero-order valence-corrected chi connectivity index (χ0v) is 47.9. The summed E-state index contributed by atoms with van der Waals surface area (Å²) in [6, 6.07) is 42.5. The Labute approximate surface area is 432 Å². The second kappa shape index (κ2) is 24.0. The minimum Gasteiger partial charge on any atom is -0.496 e. The lowest BCUT2D eigenvalue weighted by Gasteiger charge is -2.38. The van der Waals surface area contributed by atoms with Gasteiger partial charge in [0.1, 0.15) is 17.2 Å². The second-order valence-electron chi connectivity index (χ2n) is 21.2. The number of aryl methyl sites for hydroxylation is 8. The molecule has 2 aliphatic rings. The fraction of sp³-hybridized carbons (Fsp3) is 0.438. The molecule has 378 valence electrons. The van der Waals surface area contributed by atoms with Crippen LogP contribution in [0.15, 0.2) is 109 Å². The largest absolute Gasteiger partial charge is 0.496 e. The SMILES string of the molecule is COc1c(C)cc(P(c2cc(C)c(C)c(C)c2)C2CCCC2[C@H](c2ccccc2)N(C)C)cc1C.COc1c(C)cc(P(c2cc(C)c(OC)c(C)c2)C2CCCC2[C@H](c2ccccc2)N(C)C)cc1C. The first-order valence-corrected chi connectivity index (χ1v) is 28.9. The van der Waals surface area contributed by atoms with Crippen LogP contribution in [0, 0.1) is 74.1 Å². The molecule has 7 atom stereocenters. The quantitative estimate of drug-likeness (QED) is 0.0958. The van der Waals surface area contributed by atoms with Gasteiger partial charge in [0, 0.05) is 12.1 Å². The average molecular weight is 991 g/mol. The molecule has 0 spiro atoms. The van der Waals surface area contributed by atoms with Gasteiger partial charge >= 0.3 is 0 Å². The molecule has 0 aromatic heterocycles. The van der Waals surface area contributed by atoms with Crippen LogP contribution >= 0.6 is 15.8 Å². The lowest BCUT2D eigenvalue weighted by atomic mass is 9.90. The molecule has 0 heterocycles. The van der Waals surface area contributed by atoms with Crippen molar-refractivity contribution in [2.24, 2.45) is 11.8 Å². The van der Waals surface area contributed by atoms with Crippen molar-refractivity contribution in [2.45, 2.75) is 124 Å². The van der Waals surface area contributed by atoms with Gasteiger partial charge < -0.3 is 24.0 Å². The molecule has 0 N–H and O–H groups in total. The summed E-state index contributed by atoms with van der Waals surface area (Å²) in [5.41, 5.74) is 15.8. The molecule has 5 nitrogen and oxygen atoms in total. The van der Waals surface area contributed by atoms with Crippen molar-refractivity contribution >= 4 is 37.1 Å². The van der Waals surface area contributed by atoms with Gasteiger partial charge in [-0.15, -0.1) is 0 Å². The molecular weight excluding hydrogens is 907 g/mol. The Kier molecular flexibility index (Phi) is 18.4. The van der Waals surface area contributed by atoms with Gasteiger partial charge in [0.25, 0.3) is 0 Å². The molecule has 6 aromatic carbocycles. The predicted molar refractivity (Wildman–Crippen MR) is 308 cm³/mol. The summed E-state index contributed by atoms with van der Waals surface area (Å²) in [5.74, 6) is 4.27. The van der Waals surface area contributed by atoms with Gasteiger partial charge in [-0.1, -0.05) is 85.6 Å². The van der Waals surface area contributed by atoms with Crippen molar-refractivity contribution in [3.05, 3.63) is 170 Å². The van der Waals surface area contributed by atoms with Crippen molar-refractivity contribution in [1.82, 2.24) is 9.80 Å². The topological polar surface area (TPSA) is 34.2 Å². The summed E-state index contributed by atoms with van der Waals surface area (Å²) in [4.78, 5) is 4.91. The first kappa shape index (κ1) is 54.3. The summed E-state index contributed by atoms with van der Waals surface area (Å²) >= 11 is 0. The van der Waals surface area contributed by atoms with Crippen LogP contribution in [0.2, 0.25) is 0 Å². The van der Waals surface area contributed by atoms with Gasteiger partial charge in [0.05, 0.1) is 21.3 Å². The Morgan fingerprint density at radius 3 is 0.915 bits per heavy atom. The van der Waals surface area contributed by atoms with Crippen molar-refractivity contribution in [3.63, 3.8) is 0 Å². The van der Waals surface area contributed by atoms with E-state index in [1.807, 2.05) is 0 Å². The van der Waals surface area contributed by atoms with E-state index >= 15 is 0 Å². The Hall–Kier alpha value is -4.50. The van der Waals surface area contributed by atoms with Crippen LogP contribution in [0.25, 0.3) is 0 Å². The minimum absolute atomic E-state index is 0.407. The fourth-order valence-corrected chi connectivity index (χ4v) is 19.9. The lowest BCUT2D eigenvalue weighted by molar-refractivity contribution is 0.217. The highest BCUT2D eigenvalue weighted by atomic mass is 31.1. The van der Waals surface area contributed by atoms with E-state index in [1.165, 1.54) is 121 Å². The standard InChI is InChI=1S/C32H42NO2P.C32H42NOP/c1-21-17-26(18-22(2)31(21)34-7)36(27-19-23(3)32(35-8)24(4)20-27)29-16-12-15-28(29)30(33(5)6)25-13-10-9-11-14-25;1-21-17-27(18-22(2)25(21)5)35(28-19-23(3)32(34-8)24(4)20-28)30-16-12-15-29(30)31(33(6)7)26-13-10-9-11-14-26/h9-11,13-14,17-20,28-30H,12,15-16H2,1-8H3;9-11,13-14,17-20,29-31H,12,15-16H2,1-8H3/t28?,29?,30-;29?,30?,31-,35?/m00/s1. The molecule has 0 aliphatic heterocycles. The Morgan fingerprint density at radius 1 is 0.394 bits per heavy atom. The van der Waals surface area contributed by atoms with Crippen LogP contribution in [0.3, 0.4) is 0 Å². The maximum Gasteiger partial charge on any atom is 0.124 e. The van der Waals surface area contributed by atoms with Crippen LogP contribution in [-0.4, -0.2) is 70.6 Å². The Bertz CT molecular complexity index is 2580.